The van der Waals surface area contributed by atoms with Crippen LogP contribution in [0.2, 0.25) is 0 Å². The molecule has 1 N–H and O–H groups in total. The monoisotopic (exact) mass is 270 g/mol. The standard InChI is InChI=1S/C13H22N2O2S/c1-4-5-10-11(6-7-13(16)17)18-12(14-10)8-9-15(2)3/h4-9H2,1-3H3,(H,16,17). The molecule has 0 atom stereocenters. The van der Waals surface area contributed by atoms with Gasteiger partial charge in [0, 0.05) is 17.8 Å². The van der Waals surface area contributed by atoms with Gasteiger partial charge in [-0.25, -0.2) is 4.98 Å². The Hall–Kier alpha value is -0.940. The van der Waals surface area contributed by atoms with Crippen molar-refractivity contribution >= 4 is 17.3 Å². The topological polar surface area (TPSA) is 53.4 Å². The van der Waals surface area contributed by atoms with Crippen LogP contribution in [0.1, 0.15) is 35.3 Å². The van der Waals surface area contributed by atoms with E-state index in [-0.39, 0.29) is 6.42 Å². The second-order valence-electron chi connectivity index (χ2n) is 4.67. The molecule has 4 nitrogen and oxygen atoms in total. The number of nitrogens with zero attached hydrogens (tertiary/aromatic N) is 2. The van der Waals surface area contributed by atoms with E-state index in [1.54, 1.807) is 11.3 Å². The van der Waals surface area contributed by atoms with Gasteiger partial charge in [-0.15, -0.1) is 11.3 Å². The number of aromatic nitrogens is 1. The van der Waals surface area contributed by atoms with E-state index in [1.807, 2.05) is 14.1 Å². The van der Waals surface area contributed by atoms with Gasteiger partial charge in [0.05, 0.1) is 17.1 Å². The normalized spacial score (nSPS) is 11.1. The van der Waals surface area contributed by atoms with E-state index in [4.69, 9.17) is 5.11 Å². The Labute approximate surface area is 113 Å². The molecule has 0 unspecified atom stereocenters. The van der Waals surface area contributed by atoms with Crippen molar-refractivity contribution < 1.29 is 9.90 Å². The second-order valence-corrected chi connectivity index (χ2v) is 5.84. The summed E-state index contributed by atoms with van der Waals surface area (Å²) in [6.07, 6.45) is 3.77. The van der Waals surface area contributed by atoms with Gasteiger partial charge in [0.15, 0.2) is 0 Å². The summed E-state index contributed by atoms with van der Waals surface area (Å²) in [5.74, 6) is -0.735. The van der Waals surface area contributed by atoms with Gasteiger partial charge in [-0.05, 0) is 26.9 Å². The summed E-state index contributed by atoms with van der Waals surface area (Å²) < 4.78 is 0. The molecule has 0 bridgehead atoms. The smallest absolute Gasteiger partial charge is 0.303 e. The van der Waals surface area contributed by atoms with E-state index in [9.17, 15) is 4.79 Å². The minimum atomic E-state index is -0.735. The summed E-state index contributed by atoms with van der Waals surface area (Å²) >= 11 is 1.68. The van der Waals surface area contributed by atoms with E-state index < -0.39 is 5.97 Å². The molecule has 0 aliphatic carbocycles. The van der Waals surface area contributed by atoms with Crippen molar-refractivity contribution in [2.45, 2.75) is 39.0 Å². The molecule has 0 fully saturated rings. The van der Waals surface area contributed by atoms with Gasteiger partial charge in [-0.3, -0.25) is 4.79 Å². The Morgan fingerprint density at radius 1 is 1.33 bits per heavy atom. The quantitative estimate of drug-likeness (QED) is 0.787. The largest absolute Gasteiger partial charge is 0.481 e. The van der Waals surface area contributed by atoms with Gasteiger partial charge in [-0.2, -0.15) is 0 Å². The Kier molecular flexibility index (Phi) is 6.29. The van der Waals surface area contributed by atoms with Crippen molar-refractivity contribution in [3.8, 4) is 0 Å². The third-order valence-electron chi connectivity index (χ3n) is 2.65. The zero-order chi connectivity index (χ0) is 13.5. The first kappa shape index (κ1) is 15.1. The maximum Gasteiger partial charge on any atom is 0.303 e. The molecule has 0 aliphatic heterocycles. The van der Waals surface area contributed by atoms with Gasteiger partial charge >= 0.3 is 5.97 Å². The van der Waals surface area contributed by atoms with Crippen molar-refractivity contribution in [2.24, 2.45) is 0 Å². The highest BCUT2D eigenvalue weighted by Crippen LogP contribution is 2.22. The number of rotatable bonds is 8. The van der Waals surface area contributed by atoms with Crippen molar-refractivity contribution in [3.63, 3.8) is 0 Å². The van der Waals surface area contributed by atoms with Crippen LogP contribution in [0.15, 0.2) is 0 Å². The van der Waals surface area contributed by atoms with Crippen LogP contribution in [0.5, 0.6) is 0 Å². The van der Waals surface area contributed by atoms with Crippen LogP contribution >= 0.6 is 11.3 Å². The molecule has 5 heteroatoms. The number of likely N-dealkylation sites (N-methyl/N-ethyl adjacent to an activating group) is 1. The van der Waals surface area contributed by atoms with Gasteiger partial charge in [-0.1, -0.05) is 13.3 Å². The molecule has 102 valence electrons. The lowest BCUT2D eigenvalue weighted by Gasteiger charge is -2.06. The maximum absolute atomic E-state index is 10.6. The Balaban J connectivity index is 2.69. The number of hydrogen-bond acceptors (Lipinski definition) is 4. The first-order valence-corrected chi connectivity index (χ1v) is 7.18. The number of carbonyl (C=O) groups is 1. The van der Waals surface area contributed by atoms with Gasteiger partial charge in [0.25, 0.3) is 0 Å². The molecule has 1 heterocycles. The summed E-state index contributed by atoms with van der Waals surface area (Å²) in [5, 5.41) is 9.89. The molecule has 1 aromatic heterocycles. The predicted octanol–water partition coefficient (Wildman–Crippen LogP) is 2.22. The first-order chi connectivity index (χ1) is 8.52. The van der Waals surface area contributed by atoms with Crippen molar-refractivity contribution in [2.75, 3.05) is 20.6 Å². The van der Waals surface area contributed by atoms with Crippen LogP contribution in [0, 0.1) is 0 Å². The zero-order valence-corrected chi connectivity index (χ0v) is 12.2. The number of aliphatic carboxylic acids is 1. The minimum absolute atomic E-state index is 0.200. The highest BCUT2D eigenvalue weighted by molar-refractivity contribution is 7.11. The van der Waals surface area contributed by atoms with E-state index in [0.29, 0.717) is 6.42 Å². The Morgan fingerprint density at radius 2 is 2.06 bits per heavy atom. The number of thiazole rings is 1. The number of hydrogen-bond donors (Lipinski definition) is 1. The lowest BCUT2D eigenvalue weighted by Crippen LogP contribution is -2.14. The average Bonchev–Trinajstić information content (AvgIpc) is 2.67. The lowest BCUT2D eigenvalue weighted by atomic mass is 10.2. The van der Waals surface area contributed by atoms with Crippen LogP contribution in [-0.4, -0.2) is 41.6 Å². The molecule has 0 spiro atoms. The fourth-order valence-corrected chi connectivity index (χ4v) is 2.81. The highest BCUT2D eigenvalue weighted by atomic mass is 32.1. The summed E-state index contributed by atoms with van der Waals surface area (Å²) in [5.41, 5.74) is 1.11. The van der Waals surface area contributed by atoms with Gasteiger partial charge in [0.2, 0.25) is 0 Å². The lowest BCUT2D eigenvalue weighted by molar-refractivity contribution is -0.136. The molecule has 0 aliphatic rings. The molecular formula is C13H22N2O2S. The summed E-state index contributed by atoms with van der Waals surface area (Å²) in [7, 11) is 4.10. The van der Waals surface area contributed by atoms with E-state index in [0.717, 1.165) is 41.4 Å². The molecular weight excluding hydrogens is 248 g/mol. The third-order valence-corrected chi connectivity index (χ3v) is 3.87. The summed E-state index contributed by atoms with van der Waals surface area (Å²) in [6, 6.07) is 0. The van der Waals surface area contributed by atoms with Crippen LogP contribution in [0.3, 0.4) is 0 Å². The van der Waals surface area contributed by atoms with E-state index >= 15 is 0 Å². The van der Waals surface area contributed by atoms with Crippen LogP contribution in [-0.2, 0) is 24.1 Å². The molecule has 0 radical (unpaired) electrons. The summed E-state index contributed by atoms with van der Waals surface area (Å²) in [6.45, 7) is 3.11. The van der Waals surface area contributed by atoms with E-state index in [2.05, 4.69) is 16.8 Å². The molecule has 1 rings (SSSR count). The number of carboxylic acids is 1. The van der Waals surface area contributed by atoms with Crippen LogP contribution in [0.4, 0.5) is 0 Å². The van der Waals surface area contributed by atoms with E-state index in [1.165, 1.54) is 0 Å². The highest BCUT2D eigenvalue weighted by Gasteiger charge is 2.12. The molecule has 0 aromatic carbocycles. The van der Waals surface area contributed by atoms with Crippen molar-refractivity contribution in [1.82, 2.24) is 9.88 Å². The SMILES string of the molecule is CCCc1nc(CCN(C)C)sc1CCC(=O)O. The number of aryl methyl sites for hydroxylation is 2. The van der Waals surface area contributed by atoms with Crippen molar-refractivity contribution in [3.05, 3.63) is 15.6 Å². The molecule has 0 saturated carbocycles. The Morgan fingerprint density at radius 3 is 2.61 bits per heavy atom. The van der Waals surface area contributed by atoms with Crippen LogP contribution in [0.25, 0.3) is 0 Å². The minimum Gasteiger partial charge on any atom is -0.481 e. The summed E-state index contributed by atoms with van der Waals surface area (Å²) in [4.78, 5) is 18.6. The molecule has 18 heavy (non-hydrogen) atoms. The average molecular weight is 270 g/mol. The van der Waals surface area contributed by atoms with Crippen molar-refractivity contribution in [1.29, 1.82) is 0 Å². The maximum atomic E-state index is 10.6. The molecule has 1 aromatic rings. The third kappa shape index (κ3) is 5.14. The Bertz CT molecular complexity index is 388. The van der Waals surface area contributed by atoms with Crippen LogP contribution < -0.4 is 0 Å². The fourth-order valence-electron chi connectivity index (χ4n) is 1.71. The number of carboxylic acid groups (broad SMARTS) is 1. The first-order valence-electron chi connectivity index (χ1n) is 6.37. The zero-order valence-electron chi connectivity index (χ0n) is 11.4. The predicted molar refractivity (Wildman–Crippen MR) is 74.3 cm³/mol. The van der Waals surface area contributed by atoms with Gasteiger partial charge in [0.1, 0.15) is 0 Å². The van der Waals surface area contributed by atoms with Gasteiger partial charge < -0.3 is 10.0 Å². The fraction of sp³-hybridized carbons (Fsp3) is 0.692. The molecule has 0 saturated heterocycles. The second kappa shape index (κ2) is 7.48. The molecule has 0 amide bonds.